The molecule has 7 N–H and O–H groups in total. The fraction of sp³-hybridized carbons (Fsp3) is 0.516. The first-order chi connectivity index (χ1) is 20.3. The fourth-order valence-corrected chi connectivity index (χ4v) is 6.02. The van der Waals surface area contributed by atoms with Gasteiger partial charge in [-0.05, 0) is 32.4 Å². The molecule has 5 rings (SSSR count). The van der Waals surface area contributed by atoms with Crippen LogP contribution in [0.25, 0.3) is 0 Å². The number of benzene rings is 2. The lowest BCUT2D eigenvalue weighted by Gasteiger charge is -2.37. The first-order valence-electron chi connectivity index (χ1n) is 14.2. The van der Waals surface area contributed by atoms with Crippen LogP contribution < -0.4 is 10.1 Å². The monoisotopic (exact) mass is 603 g/mol. The molecule has 0 bridgehead atoms. The van der Waals surface area contributed by atoms with Gasteiger partial charge in [0.2, 0.25) is 5.78 Å². The predicted octanol–water partition coefficient (Wildman–Crippen LogP) is 1.31. The molecule has 43 heavy (non-hydrogen) atoms. The van der Waals surface area contributed by atoms with E-state index in [4.69, 9.17) is 14.6 Å². The largest absolute Gasteiger partial charge is 0.507 e. The van der Waals surface area contributed by atoms with E-state index >= 15 is 0 Å². The Hall–Kier alpha value is -3.39. The highest BCUT2D eigenvalue weighted by molar-refractivity contribution is 6.31. The van der Waals surface area contributed by atoms with Crippen LogP contribution in [0.4, 0.5) is 0 Å². The van der Waals surface area contributed by atoms with Crippen molar-refractivity contribution in [1.82, 2.24) is 5.32 Å². The van der Waals surface area contributed by atoms with Crippen LogP contribution in [0.15, 0.2) is 18.2 Å². The van der Waals surface area contributed by atoms with E-state index in [-0.39, 0.29) is 57.7 Å². The van der Waals surface area contributed by atoms with Gasteiger partial charge < -0.3 is 45.4 Å². The fourth-order valence-electron chi connectivity index (χ4n) is 6.02. The zero-order chi connectivity index (χ0) is 32.4. The third-order valence-corrected chi connectivity index (χ3v) is 8.12. The summed E-state index contributed by atoms with van der Waals surface area (Å²) in [6.45, 7) is 6.47. The molecular formula is C31H41NO11. The van der Waals surface area contributed by atoms with Gasteiger partial charge >= 0.3 is 0 Å². The summed E-state index contributed by atoms with van der Waals surface area (Å²) in [6.07, 6.45) is -1.63. The number of hydrogen-bond acceptors (Lipinski definition) is 12. The Labute approximate surface area is 249 Å². The van der Waals surface area contributed by atoms with E-state index in [9.17, 15) is 39.9 Å². The number of methoxy groups -OCH3 is 1. The van der Waals surface area contributed by atoms with Gasteiger partial charge in [-0.2, -0.15) is 0 Å². The number of aromatic hydroxyl groups is 2. The zero-order valence-corrected chi connectivity index (χ0v) is 25.2. The maximum atomic E-state index is 13.2. The molecule has 0 aromatic heterocycles. The summed E-state index contributed by atoms with van der Waals surface area (Å²) in [5.74, 6) is -3.64. The molecular weight excluding hydrogens is 562 g/mol. The molecule has 3 aliphatic rings. The summed E-state index contributed by atoms with van der Waals surface area (Å²) in [5, 5.41) is 63.4. The minimum absolute atomic E-state index is 0.00238. The molecule has 236 valence electrons. The molecule has 12 heteroatoms. The molecule has 6 atom stereocenters. The van der Waals surface area contributed by atoms with Gasteiger partial charge in [-0.3, -0.25) is 14.4 Å². The van der Waals surface area contributed by atoms with Crippen molar-refractivity contribution in [3.05, 3.63) is 51.6 Å². The van der Waals surface area contributed by atoms with Gasteiger partial charge in [-0.25, -0.2) is 0 Å². The van der Waals surface area contributed by atoms with Gasteiger partial charge in [0, 0.05) is 35.6 Å². The third kappa shape index (κ3) is 6.03. The normalized spacial score (nSPS) is 27.3. The Bertz CT molecular complexity index is 1390. The van der Waals surface area contributed by atoms with Crippen molar-refractivity contribution in [1.29, 1.82) is 0 Å². The van der Waals surface area contributed by atoms with E-state index in [1.165, 1.54) is 25.3 Å². The van der Waals surface area contributed by atoms with Gasteiger partial charge in [0.05, 0.1) is 36.0 Å². The summed E-state index contributed by atoms with van der Waals surface area (Å²) in [4.78, 5) is 38.5. The molecule has 0 unspecified atom stereocenters. The van der Waals surface area contributed by atoms with Gasteiger partial charge in [-0.1, -0.05) is 32.9 Å². The highest BCUT2D eigenvalue weighted by atomic mass is 16.6. The molecule has 1 saturated heterocycles. The number of hydrogen-bond donors (Lipinski definition) is 7. The number of likely N-dealkylation sites (N-methyl/N-ethyl adjacent to an activating group) is 1. The molecule has 2 aromatic rings. The van der Waals surface area contributed by atoms with Crippen LogP contribution in [0.3, 0.4) is 0 Å². The maximum absolute atomic E-state index is 13.2. The van der Waals surface area contributed by atoms with Gasteiger partial charge in [0.25, 0.3) is 0 Å². The number of fused-ring (bicyclic) bond motifs is 3. The van der Waals surface area contributed by atoms with Crippen LogP contribution in [0, 0.1) is 0 Å². The van der Waals surface area contributed by atoms with E-state index in [0.717, 1.165) is 0 Å². The Morgan fingerprint density at radius 2 is 1.70 bits per heavy atom. The molecule has 2 aliphatic carbocycles. The second-order valence-corrected chi connectivity index (χ2v) is 10.7. The number of ether oxygens (including phenoxy) is 2. The molecule has 1 aliphatic heterocycles. The van der Waals surface area contributed by atoms with E-state index in [2.05, 4.69) is 5.32 Å². The number of rotatable bonds is 4. The Kier molecular flexibility index (Phi) is 10.7. The lowest BCUT2D eigenvalue weighted by Crippen LogP contribution is -2.52. The third-order valence-electron chi connectivity index (χ3n) is 8.12. The van der Waals surface area contributed by atoms with Crippen molar-refractivity contribution in [2.45, 2.75) is 83.0 Å². The lowest BCUT2D eigenvalue weighted by atomic mass is 9.69. The number of phenols is 2. The second-order valence-electron chi connectivity index (χ2n) is 10.7. The number of aliphatic hydroxyl groups is 4. The van der Waals surface area contributed by atoms with E-state index in [1.54, 1.807) is 20.9 Å². The number of carbonyl (C=O) groups excluding carboxylic acids is 3. The van der Waals surface area contributed by atoms with Crippen LogP contribution in [0.2, 0.25) is 0 Å². The van der Waals surface area contributed by atoms with E-state index in [1.807, 2.05) is 13.8 Å². The summed E-state index contributed by atoms with van der Waals surface area (Å²) in [5.41, 5.74) is -2.41. The Morgan fingerprint density at radius 3 is 2.28 bits per heavy atom. The molecule has 0 radical (unpaired) electrons. The molecule has 0 saturated carbocycles. The summed E-state index contributed by atoms with van der Waals surface area (Å²) in [6, 6.07) is 4.41. The summed E-state index contributed by atoms with van der Waals surface area (Å²) < 4.78 is 10.2. The smallest absolute Gasteiger partial charge is 0.202 e. The van der Waals surface area contributed by atoms with Crippen LogP contribution in [-0.2, 0) is 16.0 Å². The van der Waals surface area contributed by atoms with Crippen molar-refractivity contribution < 1.29 is 54.5 Å². The van der Waals surface area contributed by atoms with Crippen molar-refractivity contribution in [3.8, 4) is 17.2 Å². The van der Waals surface area contributed by atoms with Crippen LogP contribution in [-0.4, -0.2) is 98.9 Å². The highest BCUT2D eigenvalue weighted by Gasteiger charge is 2.47. The number of phenolic OH excluding ortho intramolecular Hbond substituents is 2. The minimum atomic E-state index is -1.96. The minimum Gasteiger partial charge on any atom is -0.507 e. The molecule has 1 fully saturated rings. The SMILES string of the molecule is CC.CN[C@H]1C[C@H](O)O[C@@H](C)[C@H]1O.COc1cccc2c1C(=O)c1c(O)c3c(c(O)c1C2=O)C[C@@](O)(C(=O)CO)C[C@@H]3C. The van der Waals surface area contributed by atoms with Crippen LogP contribution in [0.1, 0.15) is 89.4 Å². The van der Waals surface area contributed by atoms with Gasteiger partial charge in [0.1, 0.15) is 29.5 Å². The lowest BCUT2D eigenvalue weighted by molar-refractivity contribution is -0.201. The van der Waals surface area contributed by atoms with Gasteiger partial charge in [-0.15, -0.1) is 0 Å². The maximum Gasteiger partial charge on any atom is 0.202 e. The molecule has 2 aromatic carbocycles. The number of nitrogens with one attached hydrogen (secondary N) is 1. The standard InChI is InChI=1S/C22H20O8.C7H15NO3.C2H6/c1-9-6-22(29,13(24)8-23)7-11-14(9)20(27)17-16(19(11)26)18(25)10-4-3-5-12(30-2)15(10)21(17)28;1-4-7(10)5(8-2)3-6(9)11-4;1-2/h3-5,9,23,26-27,29H,6-8H2,1-2H3;4-10H,3H2,1-2H3;1-2H3/t9-,22+;4-,5-,6+,7+;/m00./s1. The molecule has 0 amide bonds. The first kappa shape index (κ1) is 34.1. The summed E-state index contributed by atoms with van der Waals surface area (Å²) in [7, 11) is 3.12. The van der Waals surface area contributed by atoms with Crippen molar-refractivity contribution in [3.63, 3.8) is 0 Å². The number of Topliss-reactive ketones (excluding diaryl/α,β-unsaturated/α-hetero) is 1. The van der Waals surface area contributed by atoms with E-state index in [0.29, 0.717) is 6.42 Å². The number of carbonyl (C=O) groups is 3. The van der Waals surface area contributed by atoms with Crippen molar-refractivity contribution in [2.75, 3.05) is 20.8 Å². The number of ketones is 3. The van der Waals surface area contributed by atoms with Gasteiger partial charge in [0.15, 0.2) is 17.9 Å². The van der Waals surface area contributed by atoms with Crippen LogP contribution in [0.5, 0.6) is 17.2 Å². The van der Waals surface area contributed by atoms with Crippen molar-refractivity contribution >= 4 is 17.3 Å². The quantitative estimate of drug-likeness (QED) is 0.211. The molecule has 1 heterocycles. The average Bonchev–Trinajstić information content (AvgIpc) is 2.99. The number of aliphatic hydroxyl groups excluding tert-OH is 3. The van der Waals surface area contributed by atoms with Crippen LogP contribution >= 0.6 is 0 Å². The first-order valence-corrected chi connectivity index (χ1v) is 14.2. The molecule has 0 spiro atoms. The Morgan fingerprint density at radius 1 is 1.07 bits per heavy atom. The molecule has 12 nitrogen and oxygen atoms in total. The average molecular weight is 604 g/mol. The summed E-state index contributed by atoms with van der Waals surface area (Å²) >= 11 is 0. The second kappa shape index (κ2) is 13.5. The zero-order valence-electron chi connectivity index (χ0n) is 25.2. The Balaban J connectivity index is 0.000000327. The predicted molar refractivity (Wildman–Crippen MR) is 155 cm³/mol. The van der Waals surface area contributed by atoms with E-state index < -0.39 is 65.8 Å². The highest BCUT2D eigenvalue weighted by Crippen LogP contribution is 2.51. The van der Waals surface area contributed by atoms with Crippen molar-refractivity contribution in [2.24, 2.45) is 0 Å². The topological polar surface area (TPSA) is 203 Å².